The zero-order chi connectivity index (χ0) is 12.7. The molecule has 102 valence electrons. The van der Waals surface area contributed by atoms with Gasteiger partial charge in [0.05, 0.1) is 42.3 Å². The molecular weight excluding hydrogens is 246 g/mol. The van der Waals surface area contributed by atoms with Crippen LogP contribution >= 0.6 is 0 Å². The second-order valence-corrected chi connectivity index (χ2v) is 6.57. The van der Waals surface area contributed by atoms with E-state index in [1.807, 2.05) is 0 Å². The monoisotopic (exact) mass is 263 g/mol. The second kappa shape index (κ2) is 3.38. The fourth-order valence-corrected chi connectivity index (χ4v) is 4.94. The quantitative estimate of drug-likeness (QED) is 0.645. The maximum atomic E-state index is 12.6. The SMILES string of the molecule is O=C1[C@@H]2[C@H](C(=O)N1[C@@H]1C[C@@H]3CC[C@H]1O3)[C@H]1CC[C@@H]2O1. The Labute approximate surface area is 111 Å². The summed E-state index contributed by atoms with van der Waals surface area (Å²) in [7, 11) is 0. The largest absolute Gasteiger partial charge is 0.373 e. The van der Waals surface area contributed by atoms with Gasteiger partial charge in [0.1, 0.15) is 0 Å². The molecule has 5 aliphatic rings. The van der Waals surface area contributed by atoms with Crippen LogP contribution in [0.3, 0.4) is 0 Å². The Morgan fingerprint density at radius 3 is 2.00 bits per heavy atom. The lowest BCUT2D eigenvalue weighted by atomic mass is 9.81. The summed E-state index contributed by atoms with van der Waals surface area (Å²) in [5.74, 6) is -0.345. The number of ether oxygens (including phenoxy) is 2. The summed E-state index contributed by atoms with van der Waals surface area (Å²) in [6.07, 6.45) is 5.14. The Hall–Kier alpha value is -0.940. The van der Waals surface area contributed by atoms with Crippen LogP contribution in [-0.2, 0) is 19.1 Å². The summed E-state index contributed by atoms with van der Waals surface area (Å²) in [4.78, 5) is 26.8. The van der Waals surface area contributed by atoms with E-state index >= 15 is 0 Å². The van der Waals surface area contributed by atoms with E-state index in [0.717, 1.165) is 32.1 Å². The van der Waals surface area contributed by atoms with Gasteiger partial charge < -0.3 is 9.47 Å². The van der Waals surface area contributed by atoms with Gasteiger partial charge in [-0.3, -0.25) is 14.5 Å². The van der Waals surface area contributed by atoms with Crippen molar-refractivity contribution in [1.82, 2.24) is 4.90 Å². The van der Waals surface area contributed by atoms with Crippen molar-refractivity contribution in [1.29, 1.82) is 0 Å². The molecule has 0 aromatic carbocycles. The molecule has 5 heterocycles. The Balaban J connectivity index is 1.49. The normalized spacial score (nSPS) is 54.5. The van der Waals surface area contributed by atoms with E-state index in [4.69, 9.17) is 9.47 Å². The number of imide groups is 1. The van der Waals surface area contributed by atoms with Gasteiger partial charge in [-0.1, -0.05) is 0 Å². The molecule has 0 aromatic rings. The number of rotatable bonds is 1. The third-order valence-corrected chi connectivity index (χ3v) is 5.72. The lowest BCUT2D eigenvalue weighted by Gasteiger charge is -2.28. The highest BCUT2D eigenvalue weighted by atomic mass is 16.5. The highest BCUT2D eigenvalue weighted by Crippen LogP contribution is 2.50. The minimum atomic E-state index is -0.189. The van der Waals surface area contributed by atoms with Crippen molar-refractivity contribution in [3.05, 3.63) is 0 Å². The standard InChI is InChI=1S/C14H17NO4/c16-13-11-9-3-4-10(19-9)12(11)14(17)15(13)7-5-6-1-2-8(7)18-6/h6-12H,1-5H2/t6-,7+,8+,9-,10+,11-,12+/m0/s1. The van der Waals surface area contributed by atoms with Crippen LogP contribution in [0.1, 0.15) is 32.1 Å². The molecule has 0 spiro atoms. The molecule has 0 aliphatic carbocycles. The van der Waals surface area contributed by atoms with E-state index in [2.05, 4.69) is 0 Å². The Kier molecular flexibility index (Phi) is 1.92. The molecule has 5 rings (SSSR count). The molecule has 0 N–H and O–H groups in total. The molecule has 4 bridgehead atoms. The number of amides is 2. The summed E-state index contributed by atoms with van der Waals surface area (Å²) in [6.45, 7) is 0. The van der Waals surface area contributed by atoms with E-state index in [1.165, 1.54) is 0 Å². The zero-order valence-corrected chi connectivity index (χ0v) is 10.7. The Morgan fingerprint density at radius 2 is 1.47 bits per heavy atom. The molecule has 5 saturated heterocycles. The van der Waals surface area contributed by atoms with Gasteiger partial charge in [0.15, 0.2) is 0 Å². The van der Waals surface area contributed by atoms with Crippen LogP contribution in [0.25, 0.3) is 0 Å². The van der Waals surface area contributed by atoms with Crippen LogP contribution in [0, 0.1) is 11.8 Å². The van der Waals surface area contributed by atoms with Crippen LogP contribution in [0.4, 0.5) is 0 Å². The zero-order valence-electron chi connectivity index (χ0n) is 10.7. The summed E-state index contributed by atoms with van der Waals surface area (Å²) in [6, 6.07) is 0.00347. The number of fused-ring (bicyclic) bond motifs is 7. The lowest BCUT2D eigenvalue weighted by molar-refractivity contribution is -0.146. The second-order valence-electron chi connectivity index (χ2n) is 6.57. The highest BCUT2D eigenvalue weighted by molar-refractivity contribution is 6.06. The minimum Gasteiger partial charge on any atom is -0.373 e. The molecular formula is C14H17NO4. The third kappa shape index (κ3) is 1.19. The van der Waals surface area contributed by atoms with Crippen molar-refractivity contribution in [2.24, 2.45) is 11.8 Å². The maximum Gasteiger partial charge on any atom is 0.236 e. The predicted molar refractivity (Wildman–Crippen MR) is 63.0 cm³/mol. The van der Waals surface area contributed by atoms with E-state index in [-0.39, 0.29) is 54.1 Å². The fraction of sp³-hybridized carbons (Fsp3) is 0.857. The van der Waals surface area contributed by atoms with Crippen LogP contribution in [0.2, 0.25) is 0 Å². The number of likely N-dealkylation sites (tertiary alicyclic amines) is 1. The molecule has 7 atom stereocenters. The van der Waals surface area contributed by atoms with E-state index < -0.39 is 0 Å². The topological polar surface area (TPSA) is 55.8 Å². The van der Waals surface area contributed by atoms with Crippen molar-refractivity contribution in [3.8, 4) is 0 Å². The smallest absolute Gasteiger partial charge is 0.236 e. The van der Waals surface area contributed by atoms with Crippen molar-refractivity contribution in [2.45, 2.75) is 62.6 Å². The first-order valence-electron chi connectivity index (χ1n) is 7.42. The van der Waals surface area contributed by atoms with Gasteiger partial charge in [-0.05, 0) is 32.1 Å². The predicted octanol–water partition coefficient (Wildman–Crippen LogP) is 0.469. The molecule has 0 saturated carbocycles. The average Bonchev–Trinajstić information content (AvgIpc) is 3.16. The highest BCUT2D eigenvalue weighted by Gasteiger charge is 2.64. The molecule has 5 heteroatoms. The maximum absolute atomic E-state index is 12.6. The molecule has 2 amide bonds. The first-order valence-corrected chi connectivity index (χ1v) is 7.42. The minimum absolute atomic E-state index is 0.00347. The van der Waals surface area contributed by atoms with Crippen LogP contribution in [0.5, 0.6) is 0 Å². The average molecular weight is 263 g/mol. The van der Waals surface area contributed by atoms with Crippen LogP contribution in [-0.4, -0.2) is 47.2 Å². The van der Waals surface area contributed by atoms with Crippen molar-refractivity contribution < 1.29 is 19.1 Å². The molecule has 0 aromatic heterocycles. The molecule has 0 radical (unpaired) electrons. The number of carbonyl (C=O) groups is 2. The van der Waals surface area contributed by atoms with Gasteiger partial charge in [-0.15, -0.1) is 0 Å². The Morgan fingerprint density at radius 1 is 0.842 bits per heavy atom. The van der Waals surface area contributed by atoms with E-state index in [0.29, 0.717) is 0 Å². The lowest BCUT2D eigenvalue weighted by Crippen LogP contribution is -2.47. The number of carbonyl (C=O) groups excluding carboxylic acids is 2. The van der Waals surface area contributed by atoms with E-state index in [9.17, 15) is 9.59 Å². The van der Waals surface area contributed by atoms with Gasteiger partial charge in [-0.2, -0.15) is 0 Å². The van der Waals surface area contributed by atoms with Gasteiger partial charge in [0, 0.05) is 0 Å². The van der Waals surface area contributed by atoms with Crippen molar-refractivity contribution in [3.63, 3.8) is 0 Å². The first-order chi connectivity index (χ1) is 9.24. The van der Waals surface area contributed by atoms with Gasteiger partial charge in [-0.25, -0.2) is 0 Å². The Bertz CT molecular complexity index is 450. The first kappa shape index (κ1) is 10.8. The van der Waals surface area contributed by atoms with Crippen LogP contribution in [0.15, 0.2) is 0 Å². The number of hydrogen-bond donors (Lipinski definition) is 0. The molecule has 19 heavy (non-hydrogen) atoms. The van der Waals surface area contributed by atoms with Gasteiger partial charge >= 0.3 is 0 Å². The van der Waals surface area contributed by atoms with Crippen molar-refractivity contribution in [2.75, 3.05) is 0 Å². The van der Waals surface area contributed by atoms with Crippen LogP contribution < -0.4 is 0 Å². The van der Waals surface area contributed by atoms with E-state index in [1.54, 1.807) is 4.90 Å². The molecule has 5 nitrogen and oxygen atoms in total. The third-order valence-electron chi connectivity index (χ3n) is 5.72. The molecule has 5 fully saturated rings. The molecule has 5 aliphatic heterocycles. The van der Waals surface area contributed by atoms with Crippen molar-refractivity contribution >= 4 is 11.8 Å². The number of nitrogens with zero attached hydrogens (tertiary/aromatic N) is 1. The summed E-state index contributed by atoms with van der Waals surface area (Å²) >= 11 is 0. The molecule has 0 unspecified atom stereocenters. The number of hydrogen-bond acceptors (Lipinski definition) is 4. The fourth-order valence-electron chi connectivity index (χ4n) is 4.94. The summed E-state index contributed by atoms with van der Waals surface area (Å²) < 4.78 is 11.6. The summed E-state index contributed by atoms with van der Waals surface area (Å²) in [5, 5.41) is 0. The van der Waals surface area contributed by atoms with Gasteiger partial charge in [0.2, 0.25) is 11.8 Å². The van der Waals surface area contributed by atoms with Gasteiger partial charge in [0.25, 0.3) is 0 Å². The summed E-state index contributed by atoms with van der Waals surface area (Å²) in [5.41, 5.74) is 0.